The van der Waals surface area contributed by atoms with Crippen molar-refractivity contribution in [2.75, 3.05) is 0 Å². The molecule has 142 valence electrons. The number of aryl methyl sites for hydroxylation is 1. The summed E-state index contributed by atoms with van der Waals surface area (Å²) in [5.74, 6) is -0.0184. The number of rotatable bonds is 6. The number of aromatic nitrogens is 2. The summed E-state index contributed by atoms with van der Waals surface area (Å²) in [5.41, 5.74) is 2.01. The number of alkyl halides is 1. The van der Waals surface area contributed by atoms with E-state index in [4.69, 9.17) is 4.74 Å². The molecule has 4 nitrogen and oxygen atoms in total. The Hall–Kier alpha value is -3.21. The van der Waals surface area contributed by atoms with Crippen LogP contribution in [0.25, 0.3) is 21.8 Å². The highest BCUT2D eigenvalue weighted by Gasteiger charge is 2.18. The predicted octanol–water partition coefficient (Wildman–Crippen LogP) is 5.55. The van der Waals surface area contributed by atoms with Crippen molar-refractivity contribution in [2.24, 2.45) is 0 Å². The monoisotopic (exact) mass is 376 g/mol. The smallest absolute Gasteiger partial charge is 0.345 e. The summed E-state index contributed by atoms with van der Waals surface area (Å²) in [6.07, 6.45) is 3.48. The van der Waals surface area contributed by atoms with Gasteiger partial charge >= 0.3 is 5.97 Å². The first-order valence-corrected chi connectivity index (χ1v) is 9.45. The van der Waals surface area contributed by atoms with Crippen LogP contribution >= 0.6 is 0 Å². The molecule has 28 heavy (non-hydrogen) atoms. The molecule has 0 bridgehead atoms. The first kappa shape index (κ1) is 18.2. The molecule has 0 spiro atoms. The Morgan fingerprint density at radius 3 is 2.82 bits per heavy atom. The van der Waals surface area contributed by atoms with Gasteiger partial charge in [0.1, 0.15) is 11.7 Å². The molecule has 0 aliphatic heterocycles. The summed E-state index contributed by atoms with van der Waals surface area (Å²) in [5, 5.41) is 1.70. The minimum Gasteiger partial charge on any atom is -0.421 e. The second-order valence-electron chi connectivity index (χ2n) is 6.77. The summed E-state index contributed by atoms with van der Waals surface area (Å²) < 4.78 is 21.3. The maximum Gasteiger partial charge on any atom is 0.345 e. The van der Waals surface area contributed by atoms with Crippen LogP contribution in [0.4, 0.5) is 4.39 Å². The van der Waals surface area contributed by atoms with Gasteiger partial charge in [0, 0.05) is 35.2 Å². The van der Waals surface area contributed by atoms with Gasteiger partial charge in [-0.05, 0) is 31.0 Å². The molecular formula is C23H21FN2O2. The van der Waals surface area contributed by atoms with Crippen LogP contribution < -0.4 is 4.74 Å². The zero-order valence-corrected chi connectivity index (χ0v) is 15.6. The van der Waals surface area contributed by atoms with Gasteiger partial charge in [-0.1, -0.05) is 43.3 Å². The van der Waals surface area contributed by atoms with E-state index in [0.717, 1.165) is 16.3 Å². The highest BCUT2D eigenvalue weighted by Crippen LogP contribution is 2.27. The predicted molar refractivity (Wildman–Crippen MR) is 108 cm³/mol. The first-order valence-electron chi connectivity index (χ1n) is 9.45. The van der Waals surface area contributed by atoms with E-state index in [1.165, 1.54) is 0 Å². The number of esters is 1. The molecule has 4 rings (SSSR count). The van der Waals surface area contributed by atoms with Crippen LogP contribution in [-0.4, -0.2) is 21.7 Å². The molecule has 0 saturated carbocycles. The van der Waals surface area contributed by atoms with E-state index >= 15 is 0 Å². The van der Waals surface area contributed by atoms with Crippen molar-refractivity contribution in [3.05, 3.63) is 72.6 Å². The number of fused-ring (bicyclic) bond motifs is 2. The average molecular weight is 376 g/mol. The van der Waals surface area contributed by atoms with Gasteiger partial charge in [0.25, 0.3) is 0 Å². The molecule has 0 aliphatic carbocycles. The van der Waals surface area contributed by atoms with Crippen LogP contribution in [0.1, 0.15) is 30.1 Å². The molecule has 0 aliphatic rings. The Balaban J connectivity index is 1.67. The molecule has 2 heterocycles. The lowest BCUT2D eigenvalue weighted by Gasteiger charge is -2.07. The van der Waals surface area contributed by atoms with Gasteiger partial charge in [-0.3, -0.25) is 4.98 Å². The quantitative estimate of drug-likeness (QED) is 0.327. The fraction of sp³-hybridized carbons (Fsp3) is 0.217. The molecule has 2 aromatic heterocycles. The number of para-hydroxylation sites is 2. The minimum atomic E-state index is -0.849. The molecule has 4 aromatic rings. The second kappa shape index (κ2) is 7.80. The summed E-state index contributed by atoms with van der Waals surface area (Å²) in [6, 6.07) is 16.9. The lowest BCUT2D eigenvalue weighted by molar-refractivity contribution is 0.0738. The second-order valence-corrected chi connectivity index (χ2v) is 6.77. The van der Waals surface area contributed by atoms with Crippen LogP contribution in [0.3, 0.4) is 0 Å². The number of hydrogen-bond donors (Lipinski definition) is 0. The van der Waals surface area contributed by atoms with Crippen LogP contribution in [0.5, 0.6) is 5.75 Å². The number of carbonyl (C=O) groups excluding carboxylic acids is 1. The molecule has 0 N–H and O–H groups in total. The average Bonchev–Trinajstić information content (AvgIpc) is 3.11. The Morgan fingerprint density at radius 2 is 1.96 bits per heavy atom. The molecule has 0 radical (unpaired) electrons. The van der Waals surface area contributed by atoms with Crippen molar-refractivity contribution in [1.29, 1.82) is 0 Å². The number of halogens is 1. The van der Waals surface area contributed by atoms with Gasteiger partial charge in [-0.25, -0.2) is 9.18 Å². The third-order valence-corrected chi connectivity index (χ3v) is 4.93. The van der Waals surface area contributed by atoms with Gasteiger partial charge in [0.15, 0.2) is 5.75 Å². The summed E-state index contributed by atoms with van der Waals surface area (Å²) in [4.78, 5) is 17.3. The van der Waals surface area contributed by atoms with Crippen molar-refractivity contribution >= 4 is 27.8 Å². The normalized spacial score (nSPS) is 12.4. The summed E-state index contributed by atoms with van der Waals surface area (Å²) in [6.45, 7) is 2.35. The Labute approximate surface area is 162 Å². The van der Waals surface area contributed by atoms with Crippen molar-refractivity contribution in [1.82, 2.24) is 9.55 Å². The topological polar surface area (TPSA) is 44.1 Å². The summed E-state index contributed by atoms with van der Waals surface area (Å²) in [7, 11) is 0. The van der Waals surface area contributed by atoms with Gasteiger partial charge in [0.05, 0.1) is 5.56 Å². The number of benzene rings is 2. The van der Waals surface area contributed by atoms with Crippen molar-refractivity contribution in [2.45, 2.75) is 32.5 Å². The van der Waals surface area contributed by atoms with Crippen molar-refractivity contribution in [3.8, 4) is 5.75 Å². The zero-order valence-electron chi connectivity index (χ0n) is 15.6. The maximum absolute atomic E-state index is 13.7. The van der Waals surface area contributed by atoms with E-state index in [0.29, 0.717) is 36.2 Å². The SMILES string of the molecule is CC[C@@H](F)CCn1cc(C(=O)Oc2cccc3cccnc23)c2ccccc21. The van der Waals surface area contributed by atoms with Crippen molar-refractivity contribution < 1.29 is 13.9 Å². The molecule has 0 unspecified atom stereocenters. The lowest BCUT2D eigenvalue weighted by Crippen LogP contribution is -2.09. The maximum atomic E-state index is 13.7. The zero-order chi connectivity index (χ0) is 19.5. The molecule has 5 heteroatoms. The molecule has 2 aromatic carbocycles. The van der Waals surface area contributed by atoms with Gasteiger partial charge in [-0.15, -0.1) is 0 Å². The molecule has 0 amide bonds. The number of nitrogens with zero attached hydrogens (tertiary/aromatic N) is 2. The van der Waals surface area contributed by atoms with E-state index in [9.17, 15) is 9.18 Å². The number of pyridine rings is 1. The van der Waals surface area contributed by atoms with E-state index < -0.39 is 12.1 Å². The van der Waals surface area contributed by atoms with Gasteiger partial charge in [-0.2, -0.15) is 0 Å². The molecular weight excluding hydrogens is 355 g/mol. The molecule has 0 fully saturated rings. The van der Waals surface area contributed by atoms with E-state index in [1.54, 1.807) is 18.5 Å². The Bertz CT molecular complexity index is 1130. The highest BCUT2D eigenvalue weighted by molar-refractivity contribution is 6.05. The highest BCUT2D eigenvalue weighted by atomic mass is 19.1. The minimum absolute atomic E-state index is 0.414. The number of ether oxygens (including phenoxy) is 1. The van der Waals surface area contributed by atoms with Crippen molar-refractivity contribution in [3.63, 3.8) is 0 Å². The van der Waals surface area contributed by atoms with Crippen LogP contribution in [0.2, 0.25) is 0 Å². The van der Waals surface area contributed by atoms with E-state index in [-0.39, 0.29) is 0 Å². The largest absolute Gasteiger partial charge is 0.421 e. The number of carbonyl (C=O) groups is 1. The fourth-order valence-electron chi connectivity index (χ4n) is 3.39. The van der Waals surface area contributed by atoms with Gasteiger partial charge in [0.2, 0.25) is 0 Å². The van der Waals surface area contributed by atoms with Crippen LogP contribution in [0.15, 0.2) is 67.0 Å². The molecule has 0 saturated heterocycles. The fourth-order valence-corrected chi connectivity index (χ4v) is 3.39. The third-order valence-electron chi connectivity index (χ3n) is 4.93. The number of hydrogen-bond acceptors (Lipinski definition) is 3. The van der Waals surface area contributed by atoms with E-state index in [2.05, 4.69) is 4.98 Å². The Kier molecular flexibility index (Phi) is 5.06. The van der Waals surface area contributed by atoms with E-state index in [1.807, 2.05) is 60.0 Å². The van der Waals surface area contributed by atoms with Gasteiger partial charge < -0.3 is 9.30 Å². The standard InChI is InChI=1S/C23H21FN2O2/c1-2-17(24)12-14-26-15-19(18-9-3-4-10-20(18)26)23(27)28-21-11-5-7-16-8-6-13-25-22(16)21/h3-11,13,15,17H,2,12,14H2,1H3/t17-/m1/s1. The summed E-state index contributed by atoms with van der Waals surface area (Å²) >= 11 is 0. The van der Waals surface area contributed by atoms with Crippen LogP contribution in [0, 0.1) is 0 Å². The first-order chi connectivity index (χ1) is 13.7. The molecule has 1 atom stereocenters. The third kappa shape index (κ3) is 3.48. The lowest BCUT2D eigenvalue weighted by atomic mass is 10.2. The Morgan fingerprint density at radius 1 is 1.14 bits per heavy atom. The van der Waals surface area contributed by atoms with Crippen LogP contribution in [-0.2, 0) is 6.54 Å².